The first-order valence-electron chi connectivity index (χ1n) is 6.57. The van der Waals surface area contributed by atoms with Crippen molar-refractivity contribution in [2.75, 3.05) is 13.1 Å². The second-order valence-electron chi connectivity index (χ2n) is 5.62. The molecular formula is C13H22BrNO4S. The highest BCUT2D eigenvalue weighted by Crippen LogP contribution is 2.29. The standard InChI is InChI=1S/C13H22BrNO4S/c1-9(2)6-15(7-10(3)4)20(17,18)12-5-11(8-16)19-13(12)14/h5,9-10,16H,6-8H2,1-4H3. The summed E-state index contributed by atoms with van der Waals surface area (Å²) in [6.45, 7) is 8.49. The summed E-state index contributed by atoms with van der Waals surface area (Å²) in [6.07, 6.45) is 0. The van der Waals surface area contributed by atoms with Gasteiger partial charge in [-0.05, 0) is 27.8 Å². The Morgan fingerprint density at radius 2 is 1.75 bits per heavy atom. The largest absolute Gasteiger partial charge is 0.450 e. The van der Waals surface area contributed by atoms with Crippen molar-refractivity contribution in [2.45, 2.75) is 39.2 Å². The number of aliphatic hydroxyl groups excluding tert-OH is 1. The van der Waals surface area contributed by atoms with E-state index in [1.165, 1.54) is 10.4 Å². The lowest BCUT2D eigenvalue weighted by Gasteiger charge is -2.25. The number of hydrogen-bond acceptors (Lipinski definition) is 4. The molecule has 1 aromatic rings. The molecule has 0 radical (unpaired) electrons. The number of sulfonamides is 1. The molecule has 0 aliphatic carbocycles. The van der Waals surface area contributed by atoms with E-state index < -0.39 is 10.0 Å². The Kier molecular flexibility index (Phi) is 6.25. The van der Waals surface area contributed by atoms with E-state index in [0.717, 1.165) is 0 Å². The Balaban J connectivity index is 3.17. The van der Waals surface area contributed by atoms with E-state index >= 15 is 0 Å². The number of rotatable bonds is 7. The van der Waals surface area contributed by atoms with Crippen LogP contribution in [-0.2, 0) is 16.6 Å². The van der Waals surface area contributed by atoms with Gasteiger partial charge >= 0.3 is 0 Å². The fourth-order valence-corrected chi connectivity index (χ4v) is 4.60. The molecule has 7 heteroatoms. The van der Waals surface area contributed by atoms with Crippen LogP contribution in [0.4, 0.5) is 0 Å². The maximum Gasteiger partial charge on any atom is 0.247 e. The third-order valence-corrected chi connectivity index (χ3v) is 5.31. The lowest BCUT2D eigenvalue weighted by atomic mass is 10.2. The molecule has 20 heavy (non-hydrogen) atoms. The second-order valence-corrected chi connectivity index (χ2v) is 8.25. The first-order chi connectivity index (χ1) is 9.18. The van der Waals surface area contributed by atoms with Gasteiger partial charge in [-0.25, -0.2) is 8.42 Å². The molecule has 0 aliphatic rings. The molecule has 0 aromatic carbocycles. The van der Waals surface area contributed by atoms with Gasteiger partial charge in [0.15, 0.2) is 4.67 Å². The van der Waals surface area contributed by atoms with Crippen LogP contribution < -0.4 is 0 Å². The molecule has 0 saturated carbocycles. The lowest BCUT2D eigenvalue weighted by Crippen LogP contribution is -2.37. The van der Waals surface area contributed by atoms with Gasteiger partial charge in [-0.15, -0.1) is 0 Å². The highest BCUT2D eigenvalue weighted by molar-refractivity contribution is 9.10. The number of aliphatic hydroxyl groups is 1. The lowest BCUT2D eigenvalue weighted by molar-refractivity contribution is 0.245. The van der Waals surface area contributed by atoms with E-state index in [1.54, 1.807) is 0 Å². The maximum atomic E-state index is 12.7. The molecule has 0 saturated heterocycles. The first-order valence-corrected chi connectivity index (χ1v) is 8.81. The van der Waals surface area contributed by atoms with Crippen LogP contribution in [-0.4, -0.2) is 30.9 Å². The summed E-state index contributed by atoms with van der Waals surface area (Å²) in [5, 5.41) is 9.05. The summed E-state index contributed by atoms with van der Waals surface area (Å²) in [5.74, 6) is 0.683. The van der Waals surface area contributed by atoms with Gasteiger partial charge in [-0.2, -0.15) is 4.31 Å². The molecule has 1 aromatic heterocycles. The minimum atomic E-state index is -3.63. The van der Waals surface area contributed by atoms with E-state index in [-0.39, 0.29) is 33.8 Å². The Morgan fingerprint density at radius 1 is 1.25 bits per heavy atom. The predicted octanol–water partition coefficient (Wildman–Crippen LogP) is 2.84. The van der Waals surface area contributed by atoms with Crippen molar-refractivity contribution in [3.05, 3.63) is 16.5 Å². The van der Waals surface area contributed by atoms with Crippen molar-refractivity contribution in [2.24, 2.45) is 11.8 Å². The third-order valence-electron chi connectivity index (χ3n) is 2.62. The highest BCUT2D eigenvalue weighted by Gasteiger charge is 2.30. The first kappa shape index (κ1) is 17.7. The number of hydrogen-bond donors (Lipinski definition) is 1. The number of nitrogens with zero attached hydrogens (tertiary/aromatic N) is 1. The Hall–Kier alpha value is -0.370. The van der Waals surface area contributed by atoms with E-state index in [4.69, 9.17) is 9.52 Å². The summed E-state index contributed by atoms with van der Waals surface area (Å²) in [6, 6.07) is 1.37. The monoisotopic (exact) mass is 367 g/mol. The van der Waals surface area contributed by atoms with E-state index in [2.05, 4.69) is 15.9 Å². The molecule has 0 bridgehead atoms. The molecule has 0 spiro atoms. The van der Waals surface area contributed by atoms with Crippen LogP contribution in [0.5, 0.6) is 0 Å². The minimum Gasteiger partial charge on any atom is -0.450 e. The zero-order valence-corrected chi connectivity index (χ0v) is 14.7. The summed E-state index contributed by atoms with van der Waals surface area (Å²) in [5.41, 5.74) is 0. The Bertz CT molecular complexity index is 527. The van der Waals surface area contributed by atoms with E-state index in [1.807, 2.05) is 27.7 Å². The smallest absolute Gasteiger partial charge is 0.247 e. The van der Waals surface area contributed by atoms with Crippen LogP contribution in [0.15, 0.2) is 20.0 Å². The predicted molar refractivity (Wildman–Crippen MR) is 80.8 cm³/mol. The zero-order chi connectivity index (χ0) is 15.5. The van der Waals surface area contributed by atoms with Gasteiger partial charge in [-0.1, -0.05) is 27.7 Å². The van der Waals surface area contributed by atoms with Crippen LogP contribution in [0.1, 0.15) is 33.5 Å². The summed E-state index contributed by atoms with van der Waals surface area (Å²) in [7, 11) is -3.63. The molecule has 0 amide bonds. The molecule has 5 nitrogen and oxygen atoms in total. The maximum absolute atomic E-state index is 12.7. The average molecular weight is 368 g/mol. The Labute approximate surface area is 129 Å². The SMILES string of the molecule is CC(C)CN(CC(C)C)S(=O)(=O)c1cc(CO)oc1Br. The van der Waals surface area contributed by atoms with Gasteiger partial charge in [0, 0.05) is 19.2 Å². The minimum absolute atomic E-state index is 0.0721. The van der Waals surface area contributed by atoms with Crippen LogP contribution in [0, 0.1) is 11.8 Å². The highest BCUT2D eigenvalue weighted by atomic mass is 79.9. The van der Waals surface area contributed by atoms with Crippen molar-refractivity contribution in [1.29, 1.82) is 0 Å². The second kappa shape index (κ2) is 7.06. The number of halogens is 1. The van der Waals surface area contributed by atoms with Gasteiger partial charge in [0.1, 0.15) is 17.3 Å². The van der Waals surface area contributed by atoms with Gasteiger partial charge in [0.25, 0.3) is 0 Å². The molecule has 1 N–H and O–H groups in total. The fourth-order valence-electron chi connectivity index (χ4n) is 1.88. The van der Waals surface area contributed by atoms with Crippen LogP contribution in [0.3, 0.4) is 0 Å². The van der Waals surface area contributed by atoms with E-state index in [0.29, 0.717) is 13.1 Å². The fraction of sp³-hybridized carbons (Fsp3) is 0.692. The quantitative estimate of drug-likeness (QED) is 0.804. The summed E-state index contributed by atoms with van der Waals surface area (Å²) >= 11 is 3.11. The van der Waals surface area contributed by atoms with E-state index in [9.17, 15) is 8.42 Å². The molecule has 1 heterocycles. The average Bonchev–Trinajstić information content (AvgIpc) is 2.69. The van der Waals surface area contributed by atoms with Crippen molar-refractivity contribution in [3.8, 4) is 0 Å². The van der Waals surface area contributed by atoms with Gasteiger partial charge in [0.2, 0.25) is 10.0 Å². The molecule has 1 rings (SSSR count). The van der Waals surface area contributed by atoms with Crippen molar-refractivity contribution in [1.82, 2.24) is 4.31 Å². The van der Waals surface area contributed by atoms with Crippen molar-refractivity contribution < 1.29 is 17.9 Å². The molecule has 116 valence electrons. The van der Waals surface area contributed by atoms with Gasteiger partial charge in [0.05, 0.1) is 0 Å². The molecular weight excluding hydrogens is 346 g/mol. The third kappa shape index (κ3) is 4.31. The summed E-state index contributed by atoms with van der Waals surface area (Å²) in [4.78, 5) is 0.0721. The molecule has 0 aliphatic heterocycles. The molecule has 0 fully saturated rings. The topological polar surface area (TPSA) is 70.8 Å². The van der Waals surface area contributed by atoms with Crippen molar-refractivity contribution >= 4 is 26.0 Å². The van der Waals surface area contributed by atoms with Gasteiger partial charge < -0.3 is 9.52 Å². The van der Waals surface area contributed by atoms with Crippen LogP contribution in [0.2, 0.25) is 0 Å². The van der Waals surface area contributed by atoms with Crippen molar-refractivity contribution in [3.63, 3.8) is 0 Å². The van der Waals surface area contributed by atoms with Crippen LogP contribution in [0.25, 0.3) is 0 Å². The number of furan rings is 1. The zero-order valence-electron chi connectivity index (χ0n) is 12.3. The Morgan fingerprint density at radius 3 is 2.10 bits per heavy atom. The normalized spacial score (nSPS) is 12.8. The molecule has 0 atom stereocenters. The van der Waals surface area contributed by atoms with Gasteiger partial charge in [-0.3, -0.25) is 0 Å². The molecule has 0 unspecified atom stereocenters. The summed E-state index contributed by atoms with van der Waals surface area (Å²) < 4.78 is 32.2. The van der Waals surface area contributed by atoms with Crippen LogP contribution >= 0.6 is 15.9 Å².